The first-order valence-electron chi connectivity index (χ1n) is 5.66. The van der Waals surface area contributed by atoms with E-state index in [-0.39, 0.29) is 5.92 Å². The van der Waals surface area contributed by atoms with Gasteiger partial charge in [-0.3, -0.25) is 9.69 Å². The van der Waals surface area contributed by atoms with Gasteiger partial charge < -0.3 is 9.52 Å². The van der Waals surface area contributed by atoms with E-state index in [1.54, 1.807) is 17.6 Å². The predicted molar refractivity (Wildman–Crippen MR) is 66.2 cm³/mol. The SMILES string of the molecule is O=C(O)C1CN(Cc2coc(-c3cccs3)n2)C1. The topological polar surface area (TPSA) is 66.6 Å². The fraction of sp³-hybridized carbons (Fsp3) is 0.333. The van der Waals surface area contributed by atoms with Crippen molar-refractivity contribution in [2.75, 3.05) is 13.1 Å². The first kappa shape index (κ1) is 11.4. The molecule has 2 aromatic rings. The van der Waals surface area contributed by atoms with Gasteiger partial charge in [0.1, 0.15) is 6.26 Å². The first-order chi connectivity index (χ1) is 8.72. The zero-order chi connectivity index (χ0) is 12.5. The molecule has 18 heavy (non-hydrogen) atoms. The van der Waals surface area contributed by atoms with Crippen molar-refractivity contribution in [3.8, 4) is 10.8 Å². The molecule has 0 unspecified atom stereocenters. The molecule has 0 aromatic carbocycles. The minimum absolute atomic E-state index is 0.228. The lowest BCUT2D eigenvalue weighted by molar-refractivity contribution is -0.147. The molecule has 1 saturated heterocycles. The molecule has 3 rings (SSSR count). The Morgan fingerprint density at radius 2 is 2.44 bits per heavy atom. The van der Waals surface area contributed by atoms with E-state index in [1.807, 2.05) is 17.5 Å². The Morgan fingerprint density at radius 1 is 1.61 bits per heavy atom. The maximum absolute atomic E-state index is 10.7. The van der Waals surface area contributed by atoms with Crippen LogP contribution in [0, 0.1) is 5.92 Å². The molecular weight excluding hydrogens is 252 g/mol. The maximum atomic E-state index is 10.7. The molecule has 1 fully saturated rings. The quantitative estimate of drug-likeness (QED) is 0.913. The summed E-state index contributed by atoms with van der Waals surface area (Å²) in [5.74, 6) is -0.311. The lowest BCUT2D eigenvalue weighted by atomic mass is 10.0. The number of thiophene rings is 1. The van der Waals surface area contributed by atoms with Gasteiger partial charge in [0, 0.05) is 19.6 Å². The van der Waals surface area contributed by atoms with Gasteiger partial charge >= 0.3 is 5.97 Å². The van der Waals surface area contributed by atoms with E-state index in [4.69, 9.17) is 9.52 Å². The zero-order valence-electron chi connectivity index (χ0n) is 9.57. The second-order valence-electron chi connectivity index (χ2n) is 4.35. The third kappa shape index (κ3) is 2.16. The van der Waals surface area contributed by atoms with Crippen LogP contribution in [0.2, 0.25) is 0 Å². The van der Waals surface area contributed by atoms with Gasteiger partial charge in [0.05, 0.1) is 16.5 Å². The Hall–Kier alpha value is -1.66. The van der Waals surface area contributed by atoms with Crippen molar-refractivity contribution < 1.29 is 14.3 Å². The largest absolute Gasteiger partial charge is 0.481 e. The lowest BCUT2D eigenvalue weighted by Gasteiger charge is -2.35. The number of hydrogen-bond donors (Lipinski definition) is 1. The van der Waals surface area contributed by atoms with Gasteiger partial charge in [-0.25, -0.2) is 4.98 Å². The summed E-state index contributed by atoms with van der Waals surface area (Å²) < 4.78 is 5.41. The molecule has 0 amide bonds. The van der Waals surface area contributed by atoms with Gasteiger partial charge in [-0.15, -0.1) is 11.3 Å². The van der Waals surface area contributed by atoms with Crippen LogP contribution in [0.1, 0.15) is 5.69 Å². The average molecular weight is 264 g/mol. The molecule has 6 heteroatoms. The van der Waals surface area contributed by atoms with E-state index < -0.39 is 5.97 Å². The van der Waals surface area contributed by atoms with Crippen LogP contribution in [0.25, 0.3) is 10.8 Å². The molecule has 0 saturated carbocycles. The monoisotopic (exact) mass is 264 g/mol. The molecule has 3 heterocycles. The molecule has 0 atom stereocenters. The van der Waals surface area contributed by atoms with Crippen LogP contribution < -0.4 is 0 Å². The number of nitrogens with zero attached hydrogens (tertiary/aromatic N) is 2. The minimum Gasteiger partial charge on any atom is -0.481 e. The summed E-state index contributed by atoms with van der Waals surface area (Å²) in [6.45, 7) is 1.84. The van der Waals surface area contributed by atoms with E-state index in [1.165, 1.54) is 0 Å². The van der Waals surface area contributed by atoms with E-state index >= 15 is 0 Å². The van der Waals surface area contributed by atoms with Gasteiger partial charge in [-0.05, 0) is 11.4 Å². The molecule has 1 N–H and O–H groups in total. The summed E-state index contributed by atoms with van der Waals surface area (Å²) in [6, 6.07) is 3.92. The summed E-state index contributed by atoms with van der Waals surface area (Å²) in [5, 5.41) is 10.8. The van der Waals surface area contributed by atoms with Crippen molar-refractivity contribution in [2.45, 2.75) is 6.54 Å². The van der Waals surface area contributed by atoms with Crippen LogP contribution >= 0.6 is 11.3 Å². The molecule has 2 aromatic heterocycles. The Bertz CT molecular complexity index is 543. The summed E-state index contributed by atoms with van der Waals surface area (Å²) >= 11 is 1.58. The van der Waals surface area contributed by atoms with Gasteiger partial charge in [-0.2, -0.15) is 0 Å². The number of carboxylic acids is 1. The van der Waals surface area contributed by atoms with Crippen molar-refractivity contribution >= 4 is 17.3 Å². The Kier molecular flexibility index (Phi) is 2.89. The summed E-state index contributed by atoms with van der Waals surface area (Å²) in [5.41, 5.74) is 0.849. The number of carboxylic acid groups (broad SMARTS) is 1. The summed E-state index contributed by atoms with van der Waals surface area (Å²) in [4.78, 5) is 18.1. The number of likely N-dealkylation sites (tertiary alicyclic amines) is 1. The van der Waals surface area contributed by atoms with Crippen LogP contribution in [0.4, 0.5) is 0 Å². The molecule has 0 spiro atoms. The molecule has 1 aliphatic rings. The molecule has 0 radical (unpaired) electrons. The van der Waals surface area contributed by atoms with Crippen molar-refractivity contribution in [3.05, 3.63) is 29.5 Å². The van der Waals surface area contributed by atoms with E-state index in [9.17, 15) is 4.79 Å². The summed E-state index contributed by atoms with van der Waals surface area (Å²) in [7, 11) is 0. The highest BCUT2D eigenvalue weighted by Crippen LogP contribution is 2.25. The van der Waals surface area contributed by atoms with Crippen LogP contribution in [-0.2, 0) is 11.3 Å². The van der Waals surface area contributed by atoms with Crippen molar-refractivity contribution in [1.29, 1.82) is 0 Å². The Labute approximate surface area is 108 Å². The number of oxazole rings is 1. The third-order valence-corrected chi connectivity index (χ3v) is 3.83. The van der Waals surface area contributed by atoms with E-state index in [0.717, 1.165) is 10.6 Å². The number of aromatic nitrogens is 1. The normalized spacial score (nSPS) is 16.7. The highest BCUT2D eigenvalue weighted by Gasteiger charge is 2.32. The Balaban J connectivity index is 1.60. The minimum atomic E-state index is -0.717. The van der Waals surface area contributed by atoms with Gasteiger partial charge in [0.15, 0.2) is 0 Å². The number of hydrogen-bond acceptors (Lipinski definition) is 5. The number of carbonyl (C=O) groups is 1. The van der Waals surface area contributed by atoms with Gasteiger partial charge in [-0.1, -0.05) is 6.07 Å². The van der Waals surface area contributed by atoms with Crippen molar-refractivity contribution in [2.24, 2.45) is 5.92 Å². The second-order valence-corrected chi connectivity index (χ2v) is 5.30. The first-order valence-corrected chi connectivity index (χ1v) is 6.54. The highest BCUT2D eigenvalue weighted by molar-refractivity contribution is 7.13. The maximum Gasteiger partial charge on any atom is 0.309 e. The van der Waals surface area contributed by atoms with Crippen molar-refractivity contribution in [3.63, 3.8) is 0 Å². The van der Waals surface area contributed by atoms with Gasteiger partial charge in [0.2, 0.25) is 5.89 Å². The summed E-state index contributed by atoms with van der Waals surface area (Å²) in [6.07, 6.45) is 1.64. The van der Waals surface area contributed by atoms with Crippen LogP contribution in [0.5, 0.6) is 0 Å². The fourth-order valence-corrected chi connectivity index (χ4v) is 2.63. The zero-order valence-corrected chi connectivity index (χ0v) is 10.4. The van der Waals surface area contributed by atoms with Gasteiger partial charge in [0.25, 0.3) is 0 Å². The fourth-order valence-electron chi connectivity index (χ4n) is 1.98. The molecule has 94 valence electrons. The molecule has 0 aliphatic carbocycles. The van der Waals surface area contributed by atoms with Crippen LogP contribution in [0.3, 0.4) is 0 Å². The standard InChI is InChI=1S/C12H12N2O3S/c15-12(16)8-4-14(5-8)6-9-7-17-11(13-9)10-2-1-3-18-10/h1-3,7-8H,4-6H2,(H,15,16). The van der Waals surface area contributed by atoms with Crippen LogP contribution in [-0.4, -0.2) is 34.0 Å². The molecule has 1 aliphatic heterocycles. The molecule has 5 nitrogen and oxygen atoms in total. The van der Waals surface area contributed by atoms with Crippen molar-refractivity contribution in [1.82, 2.24) is 9.88 Å². The average Bonchev–Trinajstić information content (AvgIpc) is 2.92. The molecular formula is C12H12N2O3S. The second kappa shape index (κ2) is 4.55. The molecule has 0 bridgehead atoms. The number of aliphatic carboxylic acids is 1. The number of rotatable bonds is 4. The lowest BCUT2D eigenvalue weighted by Crippen LogP contribution is -2.49. The van der Waals surface area contributed by atoms with E-state index in [0.29, 0.717) is 25.5 Å². The highest BCUT2D eigenvalue weighted by atomic mass is 32.1. The third-order valence-electron chi connectivity index (χ3n) is 2.98. The van der Waals surface area contributed by atoms with Crippen LogP contribution in [0.15, 0.2) is 28.2 Å². The predicted octanol–water partition coefficient (Wildman–Crippen LogP) is 1.92. The smallest absolute Gasteiger partial charge is 0.309 e. The Morgan fingerprint density at radius 3 is 3.11 bits per heavy atom. The van der Waals surface area contributed by atoms with E-state index in [2.05, 4.69) is 9.88 Å².